The number of amides is 1. The van der Waals surface area contributed by atoms with Crippen molar-refractivity contribution in [3.63, 3.8) is 0 Å². The lowest BCUT2D eigenvalue weighted by Crippen LogP contribution is -2.43. The molecule has 0 radical (unpaired) electrons. The molecule has 0 saturated heterocycles. The van der Waals surface area contributed by atoms with E-state index in [1.54, 1.807) is 24.9 Å². The number of hydrogen-bond acceptors (Lipinski definition) is 5. The van der Waals surface area contributed by atoms with Crippen LogP contribution in [0.5, 0.6) is 0 Å². The van der Waals surface area contributed by atoms with Gasteiger partial charge in [0.05, 0.1) is 17.0 Å². The molecule has 0 aliphatic heterocycles. The number of nitrogens with one attached hydrogen (secondary N) is 2. The molecule has 1 amide bonds. The van der Waals surface area contributed by atoms with E-state index in [4.69, 9.17) is 11.6 Å². The minimum absolute atomic E-state index is 0.148. The lowest BCUT2D eigenvalue weighted by molar-refractivity contribution is -0.140. The van der Waals surface area contributed by atoms with E-state index in [0.717, 1.165) is 18.2 Å². The summed E-state index contributed by atoms with van der Waals surface area (Å²) in [6.45, 7) is 1.63. The van der Waals surface area contributed by atoms with Crippen LogP contribution >= 0.6 is 11.6 Å². The van der Waals surface area contributed by atoms with E-state index < -0.39 is 56.7 Å². The van der Waals surface area contributed by atoms with Crippen molar-refractivity contribution in [1.29, 1.82) is 0 Å². The Balaban J connectivity index is 1.48. The van der Waals surface area contributed by atoms with Gasteiger partial charge in [0.1, 0.15) is 17.1 Å². The van der Waals surface area contributed by atoms with E-state index in [0.29, 0.717) is 41.8 Å². The largest absolute Gasteiger partial charge is 0.433 e. The van der Waals surface area contributed by atoms with Gasteiger partial charge in [-0.25, -0.2) is 22.2 Å². The molecule has 14 heteroatoms. The van der Waals surface area contributed by atoms with E-state index in [2.05, 4.69) is 10.3 Å². The summed E-state index contributed by atoms with van der Waals surface area (Å²) in [7, 11) is -2.20. The fourth-order valence-electron chi connectivity index (χ4n) is 5.01. The number of aromatic nitrogens is 1. The van der Waals surface area contributed by atoms with Gasteiger partial charge < -0.3 is 10.2 Å². The highest BCUT2D eigenvalue weighted by Crippen LogP contribution is 2.37. The van der Waals surface area contributed by atoms with Crippen molar-refractivity contribution in [3.05, 3.63) is 64.3 Å². The van der Waals surface area contributed by atoms with Crippen molar-refractivity contribution >= 4 is 49.8 Å². The van der Waals surface area contributed by atoms with Crippen LogP contribution in [-0.4, -0.2) is 44.2 Å². The number of fused-ring (bicyclic) bond motifs is 1. The summed E-state index contributed by atoms with van der Waals surface area (Å²) in [5, 5.41) is 3.42. The quantitative estimate of drug-likeness (QED) is 0.281. The molecule has 3 aromatic rings. The van der Waals surface area contributed by atoms with E-state index in [1.807, 2.05) is 4.72 Å². The van der Waals surface area contributed by atoms with Gasteiger partial charge in [0.2, 0.25) is 10.0 Å². The van der Waals surface area contributed by atoms with Gasteiger partial charge in [0.15, 0.2) is 5.82 Å². The predicted octanol–water partition coefficient (Wildman–Crippen LogP) is 6.51. The van der Waals surface area contributed by atoms with Gasteiger partial charge >= 0.3 is 6.18 Å². The van der Waals surface area contributed by atoms with Crippen LogP contribution < -0.4 is 14.9 Å². The Kier molecular flexibility index (Phi) is 8.98. The van der Waals surface area contributed by atoms with Gasteiger partial charge in [-0.2, -0.15) is 13.2 Å². The Morgan fingerprint density at radius 1 is 1.10 bits per heavy atom. The Morgan fingerprint density at radius 2 is 1.78 bits per heavy atom. The second-order valence-electron chi connectivity index (χ2n) is 9.98. The summed E-state index contributed by atoms with van der Waals surface area (Å²) in [6.07, 6.45) is -2.66. The van der Waals surface area contributed by atoms with Crippen molar-refractivity contribution in [2.24, 2.45) is 0 Å². The first-order chi connectivity index (χ1) is 19.2. The van der Waals surface area contributed by atoms with Crippen molar-refractivity contribution in [1.82, 2.24) is 10.3 Å². The zero-order chi connectivity index (χ0) is 30.1. The number of nitrogens with zero attached hydrogens (tertiary/aromatic N) is 2. The fourth-order valence-corrected chi connectivity index (χ4v) is 6.31. The van der Waals surface area contributed by atoms with E-state index >= 15 is 4.39 Å². The number of alkyl halides is 3. The summed E-state index contributed by atoms with van der Waals surface area (Å²) in [5.74, 6) is -3.77. The molecular weight excluding hydrogens is 591 g/mol. The molecule has 7 nitrogen and oxygen atoms in total. The van der Waals surface area contributed by atoms with E-state index in [1.165, 1.54) is 12.1 Å². The molecule has 2 N–H and O–H groups in total. The maximum Gasteiger partial charge on any atom is 0.433 e. The number of carbonyl (C=O) groups is 1. The van der Waals surface area contributed by atoms with E-state index in [-0.39, 0.29) is 23.7 Å². The highest BCUT2D eigenvalue weighted by atomic mass is 35.5. The van der Waals surface area contributed by atoms with Crippen LogP contribution in [0.4, 0.5) is 33.3 Å². The van der Waals surface area contributed by atoms with Crippen LogP contribution in [0.25, 0.3) is 10.9 Å². The second kappa shape index (κ2) is 12.0. The summed E-state index contributed by atoms with van der Waals surface area (Å²) < 4.78 is 96.3. The van der Waals surface area contributed by atoms with Crippen molar-refractivity contribution in [2.45, 2.75) is 57.3 Å². The van der Waals surface area contributed by atoms with Gasteiger partial charge in [-0.05, 0) is 68.5 Å². The van der Waals surface area contributed by atoms with Gasteiger partial charge in [0, 0.05) is 35.2 Å². The standard InChI is InChI=1S/C27H28ClF5N4O3S/c1-3-12-41(39,40)36-21-11-9-19(29)24(25(21)30)26(38)34-16-5-7-17(8-6-16)37(2)22-14-23(27(31,32)33)35-20-10-4-15(28)13-18(20)22/h4,9-11,13-14,16-17,36H,3,5-8,12H2,1-2H3,(H,34,38)/t16-,17+. The SMILES string of the molecule is CCCS(=O)(=O)Nc1ccc(F)c(C(=O)N[C@H]2CC[C@@H](N(C)c3cc(C(F)(F)F)nc4ccc(Cl)cc34)CC2)c1F. The Bertz CT molecular complexity index is 1560. The lowest BCUT2D eigenvalue weighted by atomic mass is 9.89. The molecule has 1 aliphatic carbocycles. The summed E-state index contributed by atoms with van der Waals surface area (Å²) in [5.41, 5.74) is -2.00. The predicted molar refractivity (Wildman–Crippen MR) is 148 cm³/mol. The first-order valence-corrected chi connectivity index (χ1v) is 14.9. The average molecular weight is 619 g/mol. The van der Waals surface area contributed by atoms with Crippen LogP contribution in [0.15, 0.2) is 36.4 Å². The van der Waals surface area contributed by atoms with Gasteiger partial charge in [-0.15, -0.1) is 0 Å². The molecule has 1 aliphatic rings. The third-order valence-electron chi connectivity index (χ3n) is 7.06. The zero-order valence-corrected chi connectivity index (χ0v) is 23.7. The molecule has 222 valence electrons. The fraction of sp³-hybridized carbons (Fsp3) is 0.407. The maximum atomic E-state index is 15.0. The number of halogens is 6. The number of benzene rings is 2. The van der Waals surface area contributed by atoms with Crippen LogP contribution in [0.1, 0.15) is 55.1 Å². The van der Waals surface area contributed by atoms with Crippen molar-refractivity contribution in [2.75, 3.05) is 22.4 Å². The number of rotatable bonds is 8. The third kappa shape index (κ3) is 7.00. The highest BCUT2D eigenvalue weighted by Gasteiger charge is 2.35. The number of anilines is 2. The second-order valence-corrected chi connectivity index (χ2v) is 12.3. The Hall–Kier alpha value is -3.19. The highest BCUT2D eigenvalue weighted by molar-refractivity contribution is 7.92. The molecule has 1 saturated carbocycles. The van der Waals surface area contributed by atoms with Gasteiger partial charge in [-0.3, -0.25) is 9.52 Å². The molecular formula is C27H28ClF5N4O3S. The third-order valence-corrected chi connectivity index (χ3v) is 8.77. The number of hydrogen-bond donors (Lipinski definition) is 2. The minimum atomic E-state index is -4.65. The molecule has 0 bridgehead atoms. The average Bonchev–Trinajstić information content (AvgIpc) is 2.89. The van der Waals surface area contributed by atoms with Crippen LogP contribution in [0, 0.1) is 11.6 Å². The number of carbonyl (C=O) groups excluding carboxylic acids is 1. The van der Waals surface area contributed by atoms with E-state index in [9.17, 15) is 30.8 Å². The van der Waals surface area contributed by atoms with Crippen molar-refractivity contribution in [3.8, 4) is 0 Å². The number of sulfonamides is 1. The first-order valence-electron chi connectivity index (χ1n) is 12.9. The smallest absolute Gasteiger partial charge is 0.371 e. The summed E-state index contributed by atoms with van der Waals surface area (Å²) in [4.78, 5) is 18.3. The van der Waals surface area contributed by atoms with Crippen LogP contribution in [-0.2, 0) is 16.2 Å². The Labute approximate surface area is 239 Å². The summed E-state index contributed by atoms with van der Waals surface area (Å²) in [6, 6.07) is 6.51. The molecule has 41 heavy (non-hydrogen) atoms. The molecule has 2 aromatic carbocycles. The monoisotopic (exact) mass is 618 g/mol. The number of pyridine rings is 1. The maximum absolute atomic E-state index is 15.0. The first kappa shape index (κ1) is 30.8. The minimum Gasteiger partial charge on any atom is -0.371 e. The topological polar surface area (TPSA) is 91.4 Å². The molecule has 0 unspecified atom stereocenters. The molecule has 0 atom stereocenters. The molecule has 4 rings (SSSR count). The van der Waals surface area contributed by atoms with Gasteiger partial charge in [-0.1, -0.05) is 18.5 Å². The zero-order valence-electron chi connectivity index (χ0n) is 22.2. The van der Waals surface area contributed by atoms with Crippen LogP contribution in [0.2, 0.25) is 5.02 Å². The summed E-state index contributed by atoms with van der Waals surface area (Å²) >= 11 is 6.11. The van der Waals surface area contributed by atoms with Crippen LogP contribution in [0.3, 0.4) is 0 Å². The molecule has 1 aromatic heterocycles. The lowest BCUT2D eigenvalue weighted by Gasteiger charge is -2.37. The molecule has 1 heterocycles. The molecule has 1 fully saturated rings. The van der Waals surface area contributed by atoms with Gasteiger partial charge in [0.25, 0.3) is 5.91 Å². The normalized spacial score (nSPS) is 17.9. The molecule has 0 spiro atoms. The Morgan fingerprint density at radius 3 is 2.41 bits per heavy atom. The van der Waals surface area contributed by atoms with Crippen molar-refractivity contribution < 1.29 is 35.2 Å².